The van der Waals surface area contributed by atoms with Gasteiger partial charge in [0.1, 0.15) is 12.6 Å². The predicted octanol–water partition coefficient (Wildman–Crippen LogP) is 3.84. The molecule has 10 heteroatoms. The number of likely N-dealkylation sites (N-methyl/N-ethyl adjacent to an activating group) is 1. The number of urea groups is 1. The molecule has 0 radical (unpaired) electrons. The van der Waals surface area contributed by atoms with Crippen LogP contribution < -0.4 is 5.32 Å². The van der Waals surface area contributed by atoms with E-state index in [4.69, 9.17) is 0 Å². The van der Waals surface area contributed by atoms with Gasteiger partial charge in [0.25, 0.3) is 0 Å². The van der Waals surface area contributed by atoms with Crippen LogP contribution in [0.4, 0.5) is 10.5 Å². The zero-order valence-corrected chi connectivity index (χ0v) is 22.7. The summed E-state index contributed by atoms with van der Waals surface area (Å²) in [6.45, 7) is 11.3. The van der Waals surface area contributed by atoms with Gasteiger partial charge in [-0.2, -0.15) is 10.4 Å². The van der Waals surface area contributed by atoms with Crippen LogP contribution in [0.5, 0.6) is 0 Å². The van der Waals surface area contributed by atoms with E-state index in [9.17, 15) is 19.6 Å². The molecule has 2 aromatic rings. The smallest absolute Gasteiger partial charge is 0.320 e. The number of carbonyl (C=O) groups is 3. The van der Waals surface area contributed by atoms with Gasteiger partial charge in [0, 0.05) is 24.8 Å². The number of amides is 4. The molecule has 4 rings (SSSR count). The monoisotopic (exact) mass is 509 g/mol. The van der Waals surface area contributed by atoms with E-state index in [1.54, 1.807) is 30.3 Å². The third-order valence-corrected chi connectivity index (χ3v) is 5.67. The van der Waals surface area contributed by atoms with Crippen LogP contribution in [0.1, 0.15) is 52.3 Å². The second kappa shape index (κ2) is 14.0. The first kappa shape index (κ1) is 29.4. The summed E-state index contributed by atoms with van der Waals surface area (Å²) in [7, 11) is 1.56. The Morgan fingerprint density at radius 2 is 1.84 bits per heavy atom. The molecule has 4 amide bonds. The minimum Gasteiger partial charge on any atom is -0.326 e. The number of anilines is 1. The lowest BCUT2D eigenvalue weighted by Gasteiger charge is -2.27. The minimum atomic E-state index is -0.694. The molecule has 2 unspecified atom stereocenters. The van der Waals surface area contributed by atoms with Crippen LogP contribution in [0.3, 0.4) is 0 Å². The highest BCUT2D eigenvalue weighted by molar-refractivity contribution is 5.94. The van der Waals surface area contributed by atoms with Gasteiger partial charge in [-0.1, -0.05) is 52.8 Å². The van der Waals surface area contributed by atoms with Crippen molar-refractivity contribution >= 4 is 23.5 Å². The Balaban J connectivity index is 0.000000733. The lowest BCUT2D eigenvalue weighted by atomic mass is 10.1. The molecule has 0 saturated carbocycles. The molecular formula is C27H39N7O3. The molecular weight excluding hydrogens is 470 g/mol. The van der Waals surface area contributed by atoms with Crippen molar-refractivity contribution < 1.29 is 14.4 Å². The van der Waals surface area contributed by atoms with Crippen molar-refractivity contribution in [2.24, 2.45) is 11.8 Å². The summed E-state index contributed by atoms with van der Waals surface area (Å²) in [6, 6.07) is 10.2. The third kappa shape index (κ3) is 8.07. The molecule has 1 fully saturated rings. The Labute approximate surface area is 219 Å². The van der Waals surface area contributed by atoms with Gasteiger partial charge in [0.05, 0.1) is 37.0 Å². The van der Waals surface area contributed by atoms with Crippen molar-refractivity contribution in [2.75, 3.05) is 25.5 Å². The number of hydrogen-bond donors (Lipinski definition) is 2. The van der Waals surface area contributed by atoms with Crippen molar-refractivity contribution in [1.29, 1.82) is 5.26 Å². The summed E-state index contributed by atoms with van der Waals surface area (Å²) in [4.78, 5) is 42.5. The Kier molecular flexibility index (Phi) is 11.1. The van der Waals surface area contributed by atoms with Crippen LogP contribution >= 0.6 is 0 Å². The molecule has 1 aromatic carbocycles. The number of rotatable bonds is 4. The van der Waals surface area contributed by atoms with Crippen LogP contribution in [-0.4, -0.2) is 68.9 Å². The number of nitrogens with one attached hydrogen (secondary N) is 2. The third-order valence-electron chi connectivity index (χ3n) is 5.67. The number of aromatic amines is 1. The van der Waals surface area contributed by atoms with Crippen LogP contribution in [0.25, 0.3) is 0 Å². The average molecular weight is 510 g/mol. The van der Waals surface area contributed by atoms with Crippen LogP contribution in [-0.2, 0) is 22.7 Å². The van der Waals surface area contributed by atoms with Crippen molar-refractivity contribution in [1.82, 2.24) is 24.9 Å². The number of nitriles is 1. The molecule has 1 aromatic heterocycles. The van der Waals surface area contributed by atoms with E-state index in [1.807, 2.05) is 32.0 Å². The number of nitrogens with zero attached hydrogens (tertiary/aromatic N) is 5. The Morgan fingerprint density at radius 3 is 2.43 bits per heavy atom. The fourth-order valence-electron chi connectivity index (χ4n) is 3.99. The van der Waals surface area contributed by atoms with E-state index in [0.717, 1.165) is 17.2 Å². The lowest BCUT2D eigenvalue weighted by molar-refractivity contribution is -0.131. The van der Waals surface area contributed by atoms with E-state index in [1.165, 1.54) is 9.80 Å². The summed E-state index contributed by atoms with van der Waals surface area (Å²) in [5.74, 6) is -0.222. The number of para-hydroxylation sites is 1. The van der Waals surface area contributed by atoms with Crippen molar-refractivity contribution in [3.63, 3.8) is 0 Å². The molecule has 2 atom stereocenters. The molecule has 3 heterocycles. The molecule has 0 aliphatic carbocycles. The first-order chi connectivity index (χ1) is 17.7. The summed E-state index contributed by atoms with van der Waals surface area (Å²) in [5, 5.41) is 19.1. The number of likely N-dealkylation sites (tertiary alicyclic amines) is 1. The molecule has 2 N–H and O–H groups in total. The topological polar surface area (TPSA) is 125 Å². The average Bonchev–Trinajstić information content (AvgIpc) is 3.60. The van der Waals surface area contributed by atoms with Crippen LogP contribution in [0, 0.1) is 23.2 Å². The molecule has 200 valence electrons. The fraction of sp³-hybridized carbons (Fsp3) is 0.519. The van der Waals surface area contributed by atoms with Gasteiger partial charge < -0.3 is 20.0 Å². The highest BCUT2D eigenvalue weighted by Crippen LogP contribution is 2.25. The van der Waals surface area contributed by atoms with Crippen LogP contribution in [0.2, 0.25) is 0 Å². The molecule has 1 saturated heterocycles. The molecule has 2 aliphatic rings. The lowest BCUT2D eigenvalue weighted by Crippen LogP contribution is -2.46. The second-order valence-electron chi connectivity index (χ2n) is 9.58. The van der Waals surface area contributed by atoms with Gasteiger partial charge in [0.2, 0.25) is 11.8 Å². The Morgan fingerprint density at radius 1 is 1.19 bits per heavy atom. The number of carbonyl (C=O) groups excluding carboxylic acids is 3. The van der Waals surface area contributed by atoms with Gasteiger partial charge in [-0.3, -0.25) is 14.7 Å². The first-order valence-corrected chi connectivity index (χ1v) is 12.8. The number of aromatic nitrogens is 2. The highest BCUT2D eigenvalue weighted by atomic mass is 16.2. The summed E-state index contributed by atoms with van der Waals surface area (Å²) in [6.07, 6.45) is 1.96. The summed E-state index contributed by atoms with van der Waals surface area (Å²) >= 11 is 0. The van der Waals surface area contributed by atoms with Gasteiger partial charge in [-0.25, -0.2) is 4.79 Å². The van der Waals surface area contributed by atoms with E-state index < -0.39 is 12.0 Å². The first-order valence-electron chi connectivity index (χ1n) is 12.8. The number of hydrogen-bond acceptors (Lipinski definition) is 5. The maximum atomic E-state index is 12.9. The summed E-state index contributed by atoms with van der Waals surface area (Å²) in [5.41, 5.74) is 2.52. The molecule has 2 aliphatic heterocycles. The Bertz CT molecular complexity index is 1050. The zero-order chi connectivity index (χ0) is 27.5. The van der Waals surface area contributed by atoms with Crippen LogP contribution in [0.15, 0.2) is 36.5 Å². The van der Waals surface area contributed by atoms with Gasteiger partial charge in [-0.15, -0.1) is 0 Å². The second-order valence-corrected chi connectivity index (χ2v) is 9.58. The largest absolute Gasteiger partial charge is 0.326 e. The highest BCUT2D eigenvalue weighted by Gasteiger charge is 2.39. The minimum absolute atomic E-state index is 0.151. The van der Waals surface area contributed by atoms with E-state index >= 15 is 0 Å². The normalized spacial score (nSPS) is 17.6. The molecule has 10 nitrogen and oxygen atoms in total. The van der Waals surface area contributed by atoms with Crippen molar-refractivity contribution in [3.05, 3.63) is 47.8 Å². The van der Waals surface area contributed by atoms with Gasteiger partial charge in [-0.05, 0) is 24.5 Å². The number of fused-ring (bicyclic) bond motifs is 1. The number of H-pyrrole nitrogens is 1. The molecule has 0 bridgehead atoms. The van der Waals surface area contributed by atoms with Gasteiger partial charge in [0.15, 0.2) is 0 Å². The fourth-order valence-corrected chi connectivity index (χ4v) is 3.99. The summed E-state index contributed by atoms with van der Waals surface area (Å²) < 4.78 is 0. The molecule has 37 heavy (non-hydrogen) atoms. The van der Waals surface area contributed by atoms with E-state index in [-0.39, 0.29) is 37.4 Å². The Hall–Kier alpha value is -3.87. The standard InChI is InChI=1S/C21H23N7O3.C4H10.C2H6/c1-26(21(31)27-10-15-9-23-25-18(15)12-27)13-19(29)28-11-14(7-17(28)8-22)20(30)24-16-5-3-2-4-6-16;1-4(2)3;1-2/h2-6,9,14,17H,7,10-13H2,1H3,(H,23,25)(H,24,30);4H,1-3H3;1-2H3. The predicted molar refractivity (Wildman–Crippen MR) is 142 cm³/mol. The quantitative estimate of drug-likeness (QED) is 0.648. The van der Waals surface area contributed by atoms with Gasteiger partial charge >= 0.3 is 6.03 Å². The molecule has 0 spiro atoms. The van der Waals surface area contributed by atoms with E-state index in [2.05, 4.69) is 42.4 Å². The maximum absolute atomic E-state index is 12.9. The van der Waals surface area contributed by atoms with Crippen molar-refractivity contribution in [2.45, 2.75) is 60.2 Å². The number of benzene rings is 1. The van der Waals surface area contributed by atoms with E-state index in [0.29, 0.717) is 18.8 Å². The maximum Gasteiger partial charge on any atom is 0.320 e. The van der Waals surface area contributed by atoms with Crippen molar-refractivity contribution in [3.8, 4) is 6.07 Å². The zero-order valence-electron chi connectivity index (χ0n) is 22.7. The SMILES string of the molecule is CC.CC(C)C.CN(CC(=O)N1CC(C(=O)Nc2ccccc2)CC1C#N)C(=O)N1Cc2cn[nH]c2C1.